The molecule has 0 unspecified atom stereocenters. The van der Waals surface area contributed by atoms with E-state index in [0.717, 1.165) is 28.1 Å². The second-order valence-electron chi connectivity index (χ2n) is 8.32. The third-order valence-electron chi connectivity index (χ3n) is 5.05. The lowest BCUT2D eigenvalue weighted by Gasteiger charge is -2.18. The Bertz CT molecular complexity index is 1230. The van der Waals surface area contributed by atoms with Gasteiger partial charge in [-0.3, -0.25) is 5.32 Å². The van der Waals surface area contributed by atoms with Gasteiger partial charge in [0.2, 0.25) is 5.82 Å². The molecule has 0 radical (unpaired) electrons. The predicted molar refractivity (Wildman–Crippen MR) is 119 cm³/mol. The van der Waals surface area contributed by atoms with E-state index in [4.69, 9.17) is 4.98 Å². The zero-order chi connectivity index (χ0) is 21.3. The number of anilines is 2. The summed E-state index contributed by atoms with van der Waals surface area (Å²) in [7, 11) is 0. The van der Waals surface area contributed by atoms with E-state index in [9.17, 15) is 9.90 Å². The molecule has 0 amide bonds. The smallest absolute Gasteiger partial charge is 0.335 e. The summed E-state index contributed by atoms with van der Waals surface area (Å²) in [5.41, 5.74) is 4.10. The zero-order valence-electron chi connectivity index (χ0n) is 17.6. The number of rotatable bonds is 4. The topological polar surface area (TPSA) is 76.4 Å². The highest BCUT2D eigenvalue weighted by molar-refractivity contribution is 5.92. The van der Waals surface area contributed by atoms with Crippen LogP contribution in [0.25, 0.3) is 22.3 Å². The molecule has 3 aromatic carbocycles. The number of para-hydroxylation sites is 1. The third-order valence-corrected chi connectivity index (χ3v) is 5.05. The number of benzene rings is 3. The summed E-state index contributed by atoms with van der Waals surface area (Å²) in [6, 6.07) is 23.0. The Balaban J connectivity index is 0.00000272. The van der Waals surface area contributed by atoms with Gasteiger partial charge in [-0.15, -0.1) is 4.98 Å². The number of aromatic carboxylic acids is 1. The van der Waals surface area contributed by atoms with Gasteiger partial charge in [-0.1, -0.05) is 51.1 Å². The number of nitrogens with one attached hydrogen (secondary N) is 2. The Morgan fingerprint density at radius 3 is 2.35 bits per heavy atom. The maximum absolute atomic E-state index is 11.3. The molecule has 0 aliphatic heterocycles. The average molecular weight is 434 g/mol. The van der Waals surface area contributed by atoms with E-state index in [1.165, 1.54) is 5.56 Å². The van der Waals surface area contributed by atoms with Gasteiger partial charge in [0.25, 0.3) is 5.82 Å². The second kappa shape index (κ2) is 8.74. The first-order chi connectivity index (χ1) is 14.3. The van der Waals surface area contributed by atoms with Gasteiger partial charge in [-0.25, -0.2) is 9.78 Å². The molecule has 0 aliphatic rings. The number of hydrogen-bond donors (Lipinski definition) is 2. The molecule has 0 fully saturated rings. The third kappa shape index (κ3) is 4.84. The molecule has 1 heterocycles. The van der Waals surface area contributed by atoms with Crippen LogP contribution < -0.4 is 22.7 Å². The SMILES string of the molecule is CC(C)(C)c1ccc(-c2nc3ccccc3c(Nc3cccc(C(=O)O)c3)[nH+]2)cc1.[Cl-]. The molecular formula is C25H24ClN3O2. The summed E-state index contributed by atoms with van der Waals surface area (Å²) in [5, 5.41) is 13.5. The highest BCUT2D eigenvalue weighted by Crippen LogP contribution is 2.27. The van der Waals surface area contributed by atoms with Gasteiger partial charge >= 0.3 is 5.97 Å². The largest absolute Gasteiger partial charge is 1.00 e. The molecule has 0 bridgehead atoms. The summed E-state index contributed by atoms with van der Waals surface area (Å²) in [4.78, 5) is 19.5. The summed E-state index contributed by atoms with van der Waals surface area (Å²) < 4.78 is 0. The van der Waals surface area contributed by atoms with Crippen LogP contribution in [0.2, 0.25) is 0 Å². The van der Waals surface area contributed by atoms with Crippen molar-refractivity contribution < 1.29 is 27.3 Å². The summed E-state index contributed by atoms with van der Waals surface area (Å²) in [5.74, 6) is 0.547. The number of hydrogen-bond acceptors (Lipinski definition) is 3. The zero-order valence-corrected chi connectivity index (χ0v) is 18.4. The molecule has 0 spiro atoms. The molecule has 6 heteroatoms. The van der Waals surface area contributed by atoms with Gasteiger partial charge in [0.05, 0.1) is 22.2 Å². The molecular weight excluding hydrogens is 410 g/mol. The van der Waals surface area contributed by atoms with Crippen molar-refractivity contribution >= 4 is 28.4 Å². The van der Waals surface area contributed by atoms with Crippen molar-refractivity contribution in [2.75, 3.05) is 5.32 Å². The molecule has 0 aliphatic carbocycles. The lowest BCUT2D eigenvalue weighted by atomic mass is 9.87. The Labute approximate surface area is 187 Å². The monoisotopic (exact) mass is 433 g/mol. The summed E-state index contributed by atoms with van der Waals surface area (Å²) in [6.45, 7) is 6.57. The van der Waals surface area contributed by atoms with Gasteiger partial charge in [-0.2, -0.15) is 0 Å². The number of aromatic nitrogens is 2. The van der Waals surface area contributed by atoms with Crippen molar-refractivity contribution in [2.24, 2.45) is 0 Å². The molecule has 4 aromatic rings. The van der Waals surface area contributed by atoms with E-state index in [0.29, 0.717) is 5.69 Å². The Morgan fingerprint density at radius 1 is 0.968 bits per heavy atom. The fourth-order valence-electron chi connectivity index (χ4n) is 3.35. The van der Waals surface area contributed by atoms with Crippen molar-refractivity contribution in [3.63, 3.8) is 0 Å². The average Bonchev–Trinajstić information content (AvgIpc) is 2.73. The minimum Gasteiger partial charge on any atom is -1.00 e. The fraction of sp³-hybridized carbons (Fsp3) is 0.160. The molecule has 4 rings (SSSR count). The van der Waals surface area contributed by atoms with Crippen LogP contribution in [0.3, 0.4) is 0 Å². The van der Waals surface area contributed by atoms with Crippen molar-refractivity contribution in [3.8, 4) is 11.4 Å². The molecule has 0 saturated heterocycles. The van der Waals surface area contributed by atoms with Crippen molar-refractivity contribution in [3.05, 3.63) is 83.9 Å². The molecule has 31 heavy (non-hydrogen) atoms. The maximum atomic E-state index is 11.3. The lowest BCUT2D eigenvalue weighted by Crippen LogP contribution is -3.00. The van der Waals surface area contributed by atoms with Crippen LogP contribution in [0, 0.1) is 0 Å². The highest BCUT2D eigenvalue weighted by Gasteiger charge is 2.18. The summed E-state index contributed by atoms with van der Waals surface area (Å²) >= 11 is 0. The normalized spacial score (nSPS) is 11.1. The van der Waals surface area contributed by atoms with Gasteiger partial charge in [0, 0.05) is 0 Å². The van der Waals surface area contributed by atoms with Crippen LogP contribution >= 0.6 is 0 Å². The molecule has 5 nitrogen and oxygen atoms in total. The van der Waals surface area contributed by atoms with Crippen molar-refractivity contribution in [2.45, 2.75) is 26.2 Å². The van der Waals surface area contributed by atoms with Crippen molar-refractivity contribution in [1.82, 2.24) is 4.98 Å². The molecule has 3 N–H and O–H groups in total. The minimum atomic E-state index is -0.957. The van der Waals surface area contributed by atoms with Gasteiger partial charge < -0.3 is 17.5 Å². The number of halogens is 1. The van der Waals surface area contributed by atoms with Gasteiger partial charge in [0.15, 0.2) is 5.52 Å². The van der Waals surface area contributed by atoms with Gasteiger partial charge in [0.1, 0.15) is 0 Å². The number of carboxylic acids is 1. The summed E-state index contributed by atoms with van der Waals surface area (Å²) in [6.07, 6.45) is 0. The van der Waals surface area contributed by atoms with E-state index in [1.54, 1.807) is 18.2 Å². The number of carbonyl (C=O) groups is 1. The number of nitrogens with zero attached hydrogens (tertiary/aromatic N) is 1. The van der Waals surface area contributed by atoms with Crippen LogP contribution in [0.1, 0.15) is 36.7 Å². The first-order valence-electron chi connectivity index (χ1n) is 9.85. The first kappa shape index (κ1) is 22.2. The molecule has 158 valence electrons. The van der Waals surface area contributed by atoms with E-state index in [2.05, 4.69) is 55.3 Å². The fourth-order valence-corrected chi connectivity index (χ4v) is 3.35. The van der Waals surface area contributed by atoms with Crippen LogP contribution in [0.4, 0.5) is 11.5 Å². The Morgan fingerprint density at radius 2 is 1.68 bits per heavy atom. The van der Waals surface area contributed by atoms with Crippen molar-refractivity contribution in [1.29, 1.82) is 0 Å². The molecule has 0 saturated carbocycles. The number of fused-ring (bicyclic) bond motifs is 1. The standard InChI is InChI=1S/C25H23N3O2.ClH/c1-25(2,3)18-13-11-16(12-14-18)22-27-21-10-5-4-9-20(21)23(28-22)26-19-8-6-7-17(15-19)24(29)30;/h4-15H,1-3H3,(H,29,30)(H,26,27,28);1H. The van der Waals surface area contributed by atoms with E-state index < -0.39 is 5.97 Å². The number of carboxylic acid groups (broad SMARTS) is 1. The maximum Gasteiger partial charge on any atom is 0.335 e. The van der Waals surface area contributed by atoms with Crippen LogP contribution in [0.5, 0.6) is 0 Å². The van der Waals surface area contributed by atoms with E-state index in [1.807, 2.05) is 30.3 Å². The van der Waals surface area contributed by atoms with Crippen LogP contribution in [-0.4, -0.2) is 16.1 Å². The van der Waals surface area contributed by atoms with E-state index in [-0.39, 0.29) is 23.4 Å². The van der Waals surface area contributed by atoms with Crippen LogP contribution in [-0.2, 0) is 5.41 Å². The minimum absolute atomic E-state index is 0. The highest BCUT2D eigenvalue weighted by atomic mass is 35.5. The van der Waals surface area contributed by atoms with E-state index >= 15 is 0 Å². The quantitative estimate of drug-likeness (QED) is 0.518. The van der Waals surface area contributed by atoms with Crippen LogP contribution in [0.15, 0.2) is 72.8 Å². The number of H-pyrrole nitrogens is 1. The Hall–Kier alpha value is -3.44. The first-order valence-corrected chi connectivity index (χ1v) is 9.85. The Kier molecular flexibility index (Phi) is 6.27. The second-order valence-corrected chi connectivity index (χ2v) is 8.32. The molecule has 1 aromatic heterocycles. The lowest BCUT2D eigenvalue weighted by molar-refractivity contribution is -0.349. The number of aromatic amines is 1. The molecule has 0 atom stereocenters. The van der Waals surface area contributed by atoms with Gasteiger partial charge in [-0.05, 0) is 53.4 Å². The predicted octanol–water partition coefficient (Wildman–Crippen LogP) is 2.46.